The molecular weight excluding hydrogens is 246 g/mol. The molecular formula is C12H15N5O2. The van der Waals surface area contributed by atoms with Gasteiger partial charge in [0.05, 0.1) is 23.6 Å². The minimum atomic E-state index is -1.03. The van der Waals surface area contributed by atoms with Crippen molar-refractivity contribution in [1.29, 1.82) is 0 Å². The maximum Gasteiger partial charge on any atom is 0.339 e. The maximum atomic E-state index is 11.0. The zero-order valence-electron chi connectivity index (χ0n) is 10.8. The number of carboxylic acids is 1. The third-order valence-electron chi connectivity index (χ3n) is 2.71. The molecule has 100 valence electrons. The number of hydrogen-bond donors (Lipinski definition) is 2. The zero-order valence-corrected chi connectivity index (χ0v) is 10.8. The van der Waals surface area contributed by atoms with Crippen molar-refractivity contribution in [3.63, 3.8) is 0 Å². The molecule has 2 aromatic heterocycles. The van der Waals surface area contributed by atoms with Gasteiger partial charge in [-0.1, -0.05) is 6.92 Å². The molecule has 0 aliphatic carbocycles. The van der Waals surface area contributed by atoms with Crippen LogP contribution in [-0.2, 0) is 20.0 Å². The number of aryl methyl sites for hydroxylation is 2. The van der Waals surface area contributed by atoms with Crippen LogP contribution in [-0.4, -0.2) is 30.8 Å². The van der Waals surface area contributed by atoms with E-state index < -0.39 is 5.97 Å². The predicted octanol–water partition coefficient (Wildman–Crippen LogP) is 1.08. The molecule has 2 heterocycles. The molecule has 2 N–H and O–H groups in total. The first-order valence-corrected chi connectivity index (χ1v) is 5.90. The number of nitrogens with one attached hydrogen (secondary N) is 1. The summed E-state index contributed by atoms with van der Waals surface area (Å²) in [5, 5.41) is 16.5. The third kappa shape index (κ3) is 2.87. The lowest BCUT2D eigenvalue weighted by molar-refractivity contribution is 0.0694. The highest BCUT2D eigenvalue weighted by Gasteiger charge is 2.12. The summed E-state index contributed by atoms with van der Waals surface area (Å²) in [5.74, 6) is -1.03. The van der Waals surface area contributed by atoms with Crippen LogP contribution in [0.4, 0.5) is 5.69 Å². The summed E-state index contributed by atoms with van der Waals surface area (Å²) in [6.45, 7) is 2.34. The van der Waals surface area contributed by atoms with Gasteiger partial charge in [-0.25, -0.2) is 14.8 Å². The number of aromatic nitrogens is 4. The summed E-state index contributed by atoms with van der Waals surface area (Å²) in [5.41, 5.74) is 2.39. The Bertz CT molecular complexity index is 594. The second-order valence-electron chi connectivity index (χ2n) is 4.06. The monoisotopic (exact) mass is 261 g/mol. The average Bonchev–Trinajstić information content (AvgIpc) is 2.77. The Morgan fingerprint density at radius 1 is 1.47 bits per heavy atom. The van der Waals surface area contributed by atoms with Crippen molar-refractivity contribution in [1.82, 2.24) is 19.7 Å². The molecule has 7 nitrogen and oxygen atoms in total. The van der Waals surface area contributed by atoms with E-state index in [1.165, 1.54) is 12.5 Å². The summed E-state index contributed by atoms with van der Waals surface area (Å²) in [6.07, 6.45) is 5.31. The molecule has 0 saturated heterocycles. The van der Waals surface area contributed by atoms with Gasteiger partial charge in [0, 0.05) is 19.4 Å². The van der Waals surface area contributed by atoms with Crippen LogP contribution in [0, 0.1) is 0 Å². The molecule has 0 spiro atoms. The Balaban J connectivity index is 2.16. The number of aromatic carboxylic acids is 1. The Morgan fingerprint density at radius 2 is 2.26 bits per heavy atom. The van der Waals surface area contributed by atoms with E-state index >= 15 is 0 Å². The van der Waals surface area contributed by atoms with Crippen molar-refractivity contribution in [2.75, 3.05) is 5.32 Å². The predicted molar refractivity (Wildman–Crippen MR) is 68.9 cm³/mol. The van der Waals surface area contributed by atoms with Crippen molar-refractivity contribution < 1.29 is 9.90 Å². The number of carboxylic acid groups (broad SMARTS) is 1. The average molecular weight is 261 g/mol. The molecule has 19 heavy (non-hydrogen) atoms. The molecule has 0 aliphatic rings. The van der Waals surface area contributed by atoms with Crippen molar-refractivity contribution >= 4 is 11.7 Å². The van der Waals surface area contributed by atoms with Gasteiger partial charge in [0.25, 0.3) is 0 Å². The molecule has 2 rings (SSSR count). The van der Waals surface area contributed by atoms with E-state index in [0.717, 1.165) is 17.8 Å². The van der Waals surface area contributed by atoms with E-state index in [-0.39, 0.29) is 5.56 Å². The summed E-state index contributed by atoms with van der Waals surface area (Å²) < 4.78 is 1.72. The van der Waals surface area contributed by atoms with Gasteiger partial charge >= 0.3 is 5.97 Å². The topological polar surface area (TPSA) is 92.9 Å². The van der Waals surface area contributed by atoms with E-state index in [0.29, 0.717) is 12.2 Å². The second-order valence-corrected chi connectivity index (χ2v) is 4.06. The smallest absolute Gasteiger partial charge is 0.339 e. The largest absolute Gasteiger partial charge is 0.478 e. The molecule has 0 amide bonds. The van der Waals surface area contributed by atoms with E-state index in [4.69, 9.17) is 5.11 Å². The van der Waals surface area contributed by atoms with Crippen LogP contribution in [0.3, 0.4) is 0 Å². The number of carbonyl (C=O) groups is 1. The minimum absolute atomic E-state index is 0.108. The molecule has 0 fully saturated rings. The van der Waals surface area contributed by atoms with Crippen LogP contribution in [0.5, 0.6) is 0 Å². The fraction of sp³-hybridized carbons (Fsp3) is 0.333. The SMILES string of the molecule is CCc1nn(C)cc1NCc1ncncc1C(=O)O. The number of nitrogens with zero attached hydrogens (tertiary/aromatic N) is 4. The van der Waals surface area contributed by atoms with Crippen LogP contribution >= 0.6 is 0 Å². The summed E-state index contributed by atoms with van der Waals surface area (Å²) in [7, 11) is 1.84. The van der Waals surface area contributed by atoms with Crippen LogP contribution in [0.1, 0.15) is 28.7 Å². The highest BCUT2D eigenvalue weighted by Crippen LogP contribution is 2.15. The number of anilines is 1. The molecule has 0 atom stereocenters. The first-order chi connectivity index (χ1) is 9.11. The van der Waals surface area contributed by atoms with E-state index in [1.54, 1.807) is 4.68 Å². The summed E-state index contributed by atoms with van der Waals surface area (Å²) >= 11 is 0. The minimum Gasteiger partial charge on any atom is -0.478 e. The Labute approximate surface area is 110 Å². The first kappa shape index (κ1) is 13.0. The lowest BCUT2D eigenvalue weighted by Gasteiger charge is -2.07. The van der Waals surface area contributed by atoms with Crippen molar-refractivity contribution in [2.24, 2.45) is 7.05 Å². The quantitative estimate of drug-likeness (QED) is 0.836. The molecule has 7 heteroatoms. The van der Waals surface area contributed by atoms with Crippen LogP contribution < -0.4 is 5.32 Å². The molecule has 2 aromatic rings. The van der Waals surface area contributed by atoms with Gasteiger partial charge in [-0.15, -0.1) is 0 Å². The second kappa shape index (κ2) is 5.47. The van der Waals surface area contributed by atoms with Gasteiger partial charge in [0.15, 0.2) is 0 Å². The van der Waals surface area contributed by atoms with Gasteiger partial charge < -0.3 is 10.4 Å². The lowest BCUT2D eigenvalue weighted by atomic mass is 10.2. The van der Waals surface area contributed by atoms with Crippen LogP contribution in [0.15, 0.2) is 18.7 Å². The zero-order chi connectivity index (χ0) is 13.8. The Hall–Kier alpha value is -2.44. The molecule has 0 bridgehead atoms. The number of hydrogen-bond acceptors (Lipinski definition) is 5. The van der Waals surface area contributed by atoms with Crippen molar-refractivity contribution in [2.45, 2.75) is 19.9 Å². The van der Waals surface area contributed by atoms with Gasteiger partial charge in [0.1, 0.15) is 11.9 Å². The summed E-state index contributed by atoms with van der Waals surface area (Å²) in [6, 6.07) is 0. The van der Waals surface area contributed by atoms with E-state index in [2.05, 4.69) is 20.4 Å². The van der Waals surface area contributed by atoms with Gasteiger partial charge in [-0.2, -0.15) is 5.10 Å². The lowest BCUT2D eigenvalue weighted by Crippen LogP contribution is -2.10. The highest BCUT2D eigenvalue weighted by atomic mass is 16.4. The van der Waals surface area contributed by atoms with Crippen LogP contribution in [0.25, 0.3) is 0 Å². The standard InChI is InChI=1S/C12H15N5O2/c1-3-9-11(6-17(2)16-9)14-5-10-8(12(18)19)4-13-7-15-10/h4,6-7,14H,3,5H2,1-2H3,(H,18,19). The van der Waals surface area contributed by atoms with Gasteiger partial charge in [-0.05, 0) is 6.42 Å². The maximum absolute atomic E-state index is 11.0. The molecule has 0 aromatic carbocycles. The normalized spacial score (nSPS) is 10.4. The molecule has 0 unspecified atom stereocenters. The van der Waals surface area contributed by atoms with Gasteiger partial charge in [0.2, 0.25) is 0 Å². The van der Waals surface area contributed by atoms with Crippen molar-refractivity contribution in [3.8, 4) is 0 Å². The first-order valence-electron chi connectivity index (χ1n) is 5.90. The molecule has 0 radical (unpaired) electrons. The van der Waals surface area contributed by atoms with Crippen molar-refractivity contribution in [3.05, 3.63) is 35.7 Å². The number of rotatable bonds is 5. The summed E-state index contributed by atoms with van der Waals surface area (Å²) in [4.78, 5) is 18.8. The van der Waals surface area contributed by atoms with Crippen LogP contribution in [0.2, 0.25) is 0 Å². The fourth-order valence-corrected chi connectivity index (χ4v) is 1.80. The fourth-order valence-electron chi connectivity index (χ4n) is 1.80. The van der Waals surface area contributed by atoms with E-state index in [9.17, 15) is 4.79 Å². The molecule has 0 saturated carbocycles. The molecule has 0 aliphatic heterocycles. The van der Waals surface area contributed by atoms with E-state index in [1.807, 2.05) is 20.2 Å². The highest BCUT2D eigenvalue weighted by molar-refractivity contribution is 5.88. The Kier molecular flexibility index (Phi) is 3.74. The Morgan fingerprint density at radius 3 is 2.95 bits per heavy atom. The van der Waals surface area contributed by atoms with Gasteiger partial charge in [-0.3, -0.25) is 4.68 Å². The third-order valence-corrected chi connectivity index (χ3v) is 2.71.